The molecule has 0 aromatic heterocycles. The smallest absolute Gasteiger partial charge is 0.172 e. The molecule has 0 fully saturated rings. The Hall–Kier alpha value is -0.780. The molecule has 0 amide bonds. The van der Waals surface area contributed by atoms with Gasteiger partial charge in [-0.3, -0.25) is 0 Å². The lowest BCUT2D eigenvalue weighted by Crippen LogP contribution is -2.20. The number of halogens is 1. The maximum atomic E-state index is 9.73. The normalized spacial score (nSPS) is 11.7. The highest BCUT2D eigenvalue weighted by molar-refractivity contribution is 9.10. The van der Waals surface area contributed by atoms with E-state index in [4.69, 9.17) is 4.74 Å². The molecule has 1 rings (SSSR count). The van der Waals surface area contributed by atoms with Crippen molar-refractivity contribution < 1.29 is 14.9 Å². The molecular weight excluding hydrogens is 322 g/mol. The summed E-state index contributed by atoms with van der Waals surface area (Å²) in [6, 6.07) is 3.70. The van der Waals surface area contributed by atoms with E-state index >= 15 is 0 Å². The number of phenols is 1. The minimum absolute atomic E-state index is 0.00748. The molecule has 5 heteroatoms. The Balaban J connectivity index is 2.41. The molecule has 1 aromatic carbocycles. The van der Waals surface area contributed by atoms with Gasteiger partial charge < -0.3 is 20.3 Å². The number of hydrogen-bond donors (Lipinski definition) is 3. The topological polar surface area (TPSA) is 61.7 Å². The van der Waals surface area contributed by atoms with Gasteiger partial charge in [0, 0.05) is 13.2 Å². The predicted octanol–water partition coefficient (Wildman–Crippen LogP) is 3.05. The van der Waals surface area contributed by atoms with Crippen LogP contribution in [0, 0.1) is 5.41 Å². The Morgan fingerprint density at radius 1 is 1.35 bits per heavy atom. The van der Waals surface area contributed by atoms with Gasteiger partial charge in [0.05, 0.1) is 11.6 Å². The van der Waals surface area contributed by atoms with Gasteiger partial charge in [0.15, 0.2) is 11.5 Å². The number of nitrogens with one attached hydrogen (secondary N) is 1. The summed E-state index contributed by atoms with van der Waals surface area (Å²) in [7, 11) is 1.54. The molecule has 4 nitrogen and oxygen atoms in total. The molecular formula is C15H24BrNO3. The zero-order valence-corrected chi connectivity index (χ0v) is 14.0. The number of ether oxygens (including phenoxy) is 1. The summed E-state index contributed by atoms with van der Waals surface area (Å²) < 4.78 is 5.75. The first-order valence-corrected chi connectivity index (χ1v) is 7.56. The number of aliphatic hydroxyl groups excluding tert-OH is 1. The molecule has 20 heavy (non-hydrogen) atoms. The van der Waals surface area contributed by atoms with E-state index in [1.807, 2.05) is 12.1 Å². The summed E-state index contributed by atoms with van der Waals surface area (Å²) in [5.41, 5.74) is 1.04. The second-order valence-electron chi connectivity index (χ2n) is 5.73. The molecule has 0 spiro atoms. The minimum Gasteiger partial charge on any atom is -0.503 e. The molecule has 0 saturated heterocycles. The highest BCUT2D eigenvalue weighted by Crippen LogP contribution is 2.35. The van der Waals surface area contributed by atoms with Gasteiger partial charge in [-0.1, -0.05) is 13.8 Å². The molecule has 0 heterocycles. The van der Waals surface area contributed by atoms with E-state index in [0.29, 0.717) is 10.2 Å². The van der Waals surface area contributed by atoms with E-state index in [2.05, 4.69) is 35.1 Å². The van der Waals surface area contributed by atoms with E-state index < -0.39 is 0 Å². The molecule has 1 aromatic rings. The Morgan fingerprint density at radius 3 is 2.65 bits per heavy atom. The van der Waals surface area contributed by atoms with Crippen molar-refractivity contribution in [3.8, 4) is 11.5 Å². The number of phenolic OH excluding ortho intramolecular Hbond substituents is 1. The van der Waals surface area contributed by atoms with Crippen molar-refractivity contribution in [2.75, 3.05) is 20.3 Å². The molecule has 0 unspecified atom stereocenters. The average Bonchev–Trinajstić information content (AvgIpc) is 2.42. The van der Waals surface area contributed by atoms with Crippen LogP contribution in [-0.4, -0.2) is 30.5 Å². The summed E-state index contributed by atoms with van der Waals surface area (Å²) in [4.78, 5) is 0. The lowest BCUT2D eigenvalue weighted by Gasteiger charge is -2.21. The number of methoxy groups -OCH3 is 1. The van der Waals surface area contributed by atoms with Crippen LogP contribution >= 0.6 is 15.9 Å². The monoisotopic (exact) mass is 345 g/mol. The number of benzene rings is 1. The van der Waals surface area contributed by atoms with E-state index in [1.54, 1.807) is 0 Å². The summed E-state index contributed by atoms with van der Waals surface area (Å²) in [6.45, 7) is 5.96. The quantitative estimate of drug-likeness (QED) is 0.633. The third-order valence-corrected chi connectivity index (χ3v) is 3.88. The SMILES string of the molecule is COc1cc(CNCCCC(C)(C)CO)cc(Br)c1O. The Labute approximate surface area is 129 Å². The number of hydrogen-bond acceptors (Lipinski definition) is 4. The van der Waals surface area contributed by atoms with Gasteiger partial charge in [-0.2, -0.15) is 0 Å². The van der Waals surface area contributed by atoms with Crippen LogP contribution in [0.1, 0.15) is 32.3 Å². The van der Waals surface area contributed by atoms with Gasteiger partial charge in [-0.05, 0) is 58.4 Å². The lowest BCUT2D eigenvalue weighted by atomic mass is 9.89. The number of aromatic hydroxyl groups is 1. The van der Waals surface area contributed by atoms with Crippen molar-refractivity contribution in [3.63, 3.8) is 0 Å². The van der Waals surface area contributed by atoms with Gasteiger partial charge in [0.25, 0.3) is 0 Å². The summed E-state index contributed by atoms with van der Waals surface area (Å²) in [6.07, 6.45) is 2.00. The second-order valence-corrected chi connectivity index (χ2v) is 6.59. The van der Waals surface area contributed by atoms with Gasteiger partial charge in [-0.15, -0.1) is 0 Å². The molecule has 0 aliphatic heterocycles. The molecule has 0 atom stereocenters. The Bertz CT molecular complexity index is 435. The van der Waals surface area contributed by atoms with Gasteiger partial charge in [-0.25, -0.2) is 0 Å². The van der Waals surface area contributed by atoms with E-state index in [0.717, 1.165) is 31.5 Å². The average molecular weight is 346 g/mol. The largest absolute Gasteiger partial charge is 0.503 e. The third-order valence-electron chi connectivity index (χ3n) is 3.27. The maximum absolute atomic E-state index is 9.73. The van der Waals surface area contributed by atoms with Crippen LogP contribution in [0.15, 0.2) is 16.6 Å². The molecule has 114 valence electrons. The predicted molar refractivity (Wildman–Crippen MR) is 84.2 cm³/mol. The van der Waals surface area contributed by atoms with Gasteiger partial charge in [0.1, 0.15) is 0 Å². The molecule has 0 radical (unpaired) electrons. The van der Waals surface area contributed by atoms with Crippen molar-refractivity contribution in [1.82, 2.24) is 5.32 Å². The first kappa shape index (κ1) is 17.3. The van der Waals surface area contributed by atoms with E-state index in [1.165, 1.54) is 7.11 Å². The van der Waals surface area contributed by atoms with Gasteiger partial charge >= 0.3 is 0 Å². The summed E-state index contributed by atoms with van der Waals surface area (Å²) in [5.74, 6) is 0.596. The minimum atomic E-state index is -0.00748. The van der Waals surface area contributed by atoms with Crippen LogP contribution in [-0.2, 0) is 6.54 Å². The highest BCUT2D eigenvalue weighted by Gasteiger charge is 2.15. The molecule has 0 saturated carbocycles. The van der Waals surface area contributed by atoms with Crippen LogP contribution in [0.5, 0.6) is 11.5 Å². The van der Waals surface area contributed by atoms with E-state index in [-0.39, 0.29) is 17.8 Å². The second kappa shape index (κ2) is 7.86. The standard InChI is InChI=1S/C15H24BrNO3/c1-15(2,10-18)5-4-6-17-9-11-7-12(16)14(19)13(8-11)20-3/h7-8,17-19H,4-6,9-10H2,1-3H3. The fourth-order valence-corrected chi connectivity index (χ4v) is 2.38. The number of aliphatic hydroxyl groups is 1. The van der Waals surface area contributed by atoms with Crippen molar-refractivity contribution in [1.29, 1.82) is 0 Å². The van der Waals surface area contributed by atoms with Crippen molar-refractivity contribution >= 4 is 15.9 Å². The van der Waals surface area contributed by atoms with Crippen molar-refractivity contribution in [3.05, 3.63) is 22.2 Å². The zero-order valence-electron chi connectivity index (χ0n) is 12.4. The maximum Gasteiger partial charge on any atom is 0.172 e. The Morgan fingerprint density at radius 2 is 2.05 bits per heavy atom. The van der Waals surface area contributed by atoms with Crippen molar-refractivity contribution in [2.24, 2.45) is 5.41 Å². The van der Waals surface area contributed by atoms with E-state index in [9.17, 15) is 10.2 Å². The zero-order chi connectivity index (χ0) is 15.2. The first-order chi connectivity index (χ1) is 9.39. The molecule has 3 N–H and O–H groups in total. The van der Waals surface area contributed by atoms with Crippen LogP contribution in [0.4, 0.5) is 0 Å². The number of rotatable bonds is 8. The van der Waals surface area contributed by atoms with Crippen LogP contribution < -0.4 is 10.1 Å². The fraction of sp³-hybridized carbons (Fsp3) is 0.600. The first-order valence-electron chi connectivity index (χ1n) is 6.76. The summed E-state index contributed by atoms with van der Waals surface area (Å²) in [5, 5.41) is 22.3. The third kappa shape index (κ3) is 5.31. The lowest BCUT2D eigenvalue weighted by molar-refractivity contribution is 0.148. The van der Waals surface area contributed by atoms with Crippen LogP contribution in [0.3, 0.4) is 0 Å². The molecule has 0 aliphatic carbocycles. The fourth-order valence-electron chi connectivity index (χ4n) is 1.89. The molecule has 0 aliphatic rings. The molecule has 0 bridgehead atoms. The highest BCUT2D eigenvalue weighted by atomic mass is 79.9. The Kier molecular flexibility index (Phi) is 6.79. The van der Waals surface area contributed by atoms with Gasteiger partial charge in [0.2, 0.25) is 0 Å². The van der Waals surface area contributed by atoms with Crippen LogP contribution in [0.25, 0.3) is 0 Å². The van der Waals surface area contributed by atoms with Crippen molar-refractivity contribution in [2.45, 2.75) is 33.2 Å². The summed E-state index contributed by atoms with van der Waals surface area (Å²) >= 11 is 3.31. The van der Waals surface area contributed by atoms with Crippen LogP contribution in [0.2, 0.25) is 0 Å².